The average molecular weight is 695 g/mol. The summed E-state index contributed by atoms with van der Waals surface area (Å²) in [6.45, 7) is 45.8. The van der Waals surface area contributed by atoms with Gasteiger partial charge < -0.3 is 18.0 Å². The van der Waals surface area contributed by atoms with Gasteiger partial charge in [-0.1, -0.05) is 105 Å². The fourth-order valence-electron chi connectivity index (χ4n) is 4.05. The summed E-state index contributed by atoms with van der Waals surface area (Å²) < 4.78 is 25.9. The predicted octanol–water partition coefficient (Wildman–Crippen LogP) is 11.8. The quantitative estimate of drug-likeness (QED) is 0.0696. The van der Waals surface area contributed by atoms with Gasteiger partial charge >= 0.3 is 5.97 Å². The second kappa shape index (κ2) is 17.6. The zero-order valence-electron chi connectivity index (χ0n) is 33.8. The molecule has 5 nitrogen and oxygen atoms in total. The van der Waals surface area contributed by atoms with Crippen LogP contribution in [0.3, 0.4) is 0 Å². The summed E-state index contributed by atoms with van der Waals surface area (Å²) >= 11 is 0. The second-order valence-electron chi connectivity index (χ2n) is 17.8. The molecule has 0 spiro atoms. The maximum atomic E-state index is 12.2. The first-order valence-corrected chi connectivity index (χ1v) is 26.1. The van der Waals surface area contributed by atoms with Crippen LogP contribution in [-0.2, 0) is 22.8 Å². The number of carbonyl (C=O) groups is 1. The van der Waals surface area contributed by atoms with Gasteiger partial charge in [-0.15, -0.1) is 0 Å². The van der Waals surface area contributed by atoms with Crippen molar-refractivity contribution in [2.45, 2.75) is 170 Å². The van der Waals surface area contributed by atoms with Gasteiger partial charge in [0.2, 0.25) is 0 Å². The van der Waals surface area contributed by atoms with Crippen LogP contribution in [0.25, 0.3) is 0 Å². The highest BCUT2D eigenvalue weighted by Crippen LogP contribution is 2.42. The van der Waals surface area contributed by atoms with Gasteiger partial charge in [-0.3, -0.25) is 0 Å². The molecule has 0 rings (SSSR count). The van der Waals surface area contributed by atoms with Crippen LogP contribution in [-0.4, -0.2) is 56.3 Å². The van der Waals surface area contributed by atoms with Gasteiger partial charge in [-0.05, 0) is 93.6 Å². The molecule has 3 atom stereocenters. The smallest absolute Gasteiger partial charge is 0.330 e. The first kappa shape index (κ1) is 45.0. The molecule has 8 heteroatoms. The molecule has 0 aliphatic rings. The van der Waals surface area contributed by atoms with E-state index in [4.69, 9.17) is 18.0 Å². The van der Waals surface area contributed by atoms with E-state index in [9.17, 15) is 4.79 Å². The number of esters is 1. The van der Waals surface area contributed by atoms with Crippen molar-refractivity contribution < 1.29 is 22.8 Å². The lowest BCUT2D eigenvalue weighted by molar-refractivity contribution is -0.137. The molecule has 0 aliphatic heterocycles. The molecule has 0 fully saturated rings. The minimum absolute atomic E-state index is 0.000405. The van der Waals surface area contributed by atoms with Crippen molar-refractivity contribution >= 4 is 30.9 Å². The Morgan fingerprint density at radius 3 is 1.65 bits per heavy atom. The number of hydrogen-bond donors (Lipinski definition) is 0. The second-order valence-corrected chi connectivity index (χ2v) is 32.1. The molecule has 0 unspecified atom stereocenters. The van der Waals surface area contributed by atoms with Crippen LogP contribution in [0.15, 0.2) is 47.1 Å². The van der Waals surface area contributed by atoms with E-state index in [0.717, 1.165) is 0 Å². The SMILES string of the molecule is CCOC(=O)/C=C/[C@@H](C)[C@@H](C[C@@H](O[Si](C)(C)C(C)(C)C)/C(C)=C/C(C)=C/C(C)=C/CO[Si](C)(C)C(C)(C)C)O[Si](C)(C)C(C)(C)C. The molecule has 0 radical (unpaired) electrons. The normalized spacial score (nSPS) is 17.3. The van der Waals surface area contributed by atoms with Gasteiger partial charge in [0, 0.05) is 12.5 Å². The van der Waals surface area contributed by atoms with Gasteiger partial charge in [0.15, 0.2) is 25.0 Å². The molecular weight excluding hydrogens is 621 g/mol. The molecule has 0 aliphatic carbocycles. The van der Waals surface area contributed by atoms with E-state index in [2.05, 4.69) is 148 Å². The molecule has 0 aromatic heterocycles. The Morgan fingerprint density at radius 2 is 1.20 bits per heavy atom. The Hall–Kier alpha value is -1.04. The molecule has 0 aromatic carbocycles. The molecule has 0 saturated carbocycles. The summed E-state index contributed by atoms with van der Waals surface area (Å²) in [4.78, 5) is 12.2. The van der Waals surface area contributed by atoms with Crippen molar-refractivity contribution in [3.63, 3.8) is 0 Å². The molecule has 0 amide bonds. The first-order chi connectivity index (χ1) is 20.5. The van der Waals surface area contributed by atoms with Gasteiger partial charge in [0.1, 0.15) is 0 Å². The summed E-state index contributed by atoms with van der Waals surface area (Å²) in [6.07, 6.45) is 10.7. The Kier molecular flexibility index (Phi) is 17.2. The number of hydrogen-bond acceptors (Lipinski definition) is 5. The molecule has 0 aromatic rings. The Bertz CT molecular complexity index is 1090. The minimum Gasteiger partial charge on any atom is -0.463 e. The van der Waals surface area contributed by atoms with Crippen LogP contribution in [0.2, 0.25) is 54.4 Å². The van der Waals surface area contributed by atoms with E-state index in [0.29, 0.717) is 19.6 Å². The molecule has 0 bridgehead atoms. The molecule has 0 N–H and O–H groups in total. The van der Waals surface area contributed by atoms with Crippen molar-refractivity contribution in [1.82, 2.24) is 0 Å². The zero-order valence-corrected chi connectivity index (χ0v) is 36.8. The summed E-state index contributed by atoms with van der Waals surface area (Å²) in [5.41, 5.74) is 3.56. The van der Waals surface area contributed by atoms with E-state index in [1.165, 1.54) is 16.7 Å². The standard InChI is InChI=1S/C38H74O5Si3/c1-21-40-35(39)23-22-31(4)33(42-45(17,18)37(9,10)11)28-34(43-46(19,20)38(12,13)14)32(5)27-30(3)26-29(2)24-25-41-44(15,16)36(6,7)8/h22-24,26-27,31,33-34H,21,25,28H2,1-20H3/b23-22+,29-24+,30-26+,32-27+/t31-,33-,34-/m1/s1. The van der Waals surface area contributed by atoms with Crippen molar-refractivity contribution in [3.05, 3.63) is 47.1 Å². The lowest BCUT2D eigenvalue weighted by atomic mass is 9.95. The van der Waals surface area contributed by atoms with Gasteiger partial charge in [-0.2, -0.15) is 0 Å². The van der Waals surface area contributed by atoms with E-state index >= 15 is 0 Å². The lowest BCUT2D eigenvalue weighted by Crippen LogP contribution is -2.48. The summed E-state index contributed by atoms with van der Waals surface area (Å²) in [5, 5.41) is 0.302. The van der Waals surface area contributed by atoms with Gasteiger partial charge in [0.05, 0.1) is 25.4 Å². The van der Waals surface area contributed by atoms with Crippen LogP contribution >= 0.6 is 0 Å². The minimum atomic E-state index is -2.13. The molecule has 268 valence electrons. The van der Waals surface area contributed by atoms with Crippen LogP contribution in [0.1, 0.15) is 103 Å². The zero-order chi connectivity index (χ0) is 36.5. The number of ether oxygens (including phenoxy) is 1. The molecule has 46 heavy (non-hydrogen) atoms. The van der Waals surface area contributed by atoms with Crippen molar-refractivity contribution in [3.8, 4) is 0 Å². The number of carbonyl (C=O) groups excluding carboxylic acids is 1. The summed E-state index contributed by atoms with van der Waals surface area (Å²) in [5.74, 6) is -0.316. The molecule has 0 saturated heterocycles. The Balaban J connectivity index is 6.62. The van der Waals surface area contributed by atoms with E-state index in [1.54, 1.807) is 6.08 Å². The Labute approximate surface area is 289 Å². The molecule has 0 heterocycles. The first-order valence-electron chi connectivity index (χ1n) is 17.3. The molecular formula is C38H74O5Si3. The largest absolute Gasteiger partial charge is 0.463 e. The topological polar surface area (TPSA) is 54.0 Å². The summed E-state index contributed by atoms with van der Waals surface area (Å²) in [6, 6.07) is 0. The summed E-state index contributed by atoms with van der Waals surface area (Å²) in [7, 11) is -6.05. The van der Waals surface area contributed by atoms with E-state index in [1.807, 2.05) is 13.0 Å². The predicted molar refractivity (Wildman–Crippen MR) is 208 cm³/mol. The van der Waals surface area contributed by atoms with Crippen molar-refractivity contribution in [2.24, 2.45) is 5.92 Å². The lowest BCUT2D eigenvalue weighted by Gasteiger charge is -2.44. The van der Waals surface area contributed by atoms with Crippen LogP contribution in [0.5, 0.6) is 0 Å². The number of rotatable bonds is 16. The third-order valence-electron chi connectivity index (χ3n) is 10.4. The van der Waals surface area contributed by atoms with Crippen molar-refractivity contribution in [2.75, 3.05) is 13.2 Å². The monoisotopic (exact) mass is 694 g/mol. The third kappa shape index (κ3) is 15.0. The van der Waals surface area contributed by atoms with Crippen molar-refractivity contribution in [1.29, 1.82) is 0 Å². The fraction of sp³-hybridized carbons (Fsp3) is 0.763. The fourth-order valence-corrected chi connectivity index (χ4v) is 7.75. The highest BCUT2D eigenvalue weighted by Gasteiger charge is 2.43. The highest BCUT2D eigenvalue weighted by molar-refractivity contribution is 6.75. The maximum absolute atomic E-state index is 12.2. The maximum Gasteiger partial charge on any atom is 0.330 e. The Morgan fingerprint density at radius 1 is 0.717 bits per heavy atom. The van der Waals surface area contributed by atoms with E-state index < -0.39 is 25.0 Å². The van der Waals surface area contributed by atoms with E-state index in [-0.39, 0.29) is 39.2 Å². The van der Waals surface area contributed by atoms with Gasteiger partial charge in [-0.25, -0.2) is 4.79 Å². The van der Waals surface area contributed by atoms with Crippen LogP contribution in [0, 0.1) is 5.92 Å². The number of allylic oxidation sites excluding steroid dienone is 4. The van der Waals surface area contributed by atoms with Crippen LogP contribution in [0.4, 0.5) is 0 Å². The highest BCUT2D eigenvalue weighted by atomic mass is 28.4. The van der Waals surface area contributed by atoms with Gasteiger partial charge in [0.25, 0.3) is 0 Å². The average Bonchev–Trinajstić information content (AvgIpc) is 2.83. The van der Waals surface area contributed by atoms with Crippen LogP contribution < -0.4 is 0 Å². The third-order valence-corrected chi connectivity index (χ3v) is 23.9.